The molecule has 1 N–H and O–H groups in total. The SMILES string of the molecule is CCCCOC(=O)c1ccc(NC(=O)Cn2cnc3scc(-c4ccc(Cl)cc4)c3c2=O)cc1. The van der Waals surface area contributed by atoms with Gasteiger partial charge < -0.3 is 10.1 Å². The van der Waals surface area contributed by atoms with Gasteiger partial charge in [-0.3, -0.25) is 14.2 Å². The molecule has 0 radical (unpaired) electrons. The van der Waals surface area contributed by atoms with E-state index in [0.29, 0.717) is 33.1 Å². The molecular formula is C25H22ClN3O4S. The molecule has 0 atom stereocenters. The van der Waals surface area contributed by atoms with E-state index in [4.69, 9.17) is 16.3 Å². The summed E-state index contributed by atoms with van der Waals surface area (Å²) in [6.07, 6.45) is 3.13. The second kappa shape index (κ2) is 10.6. The minimum atomic E-state index is -0.399. The number of carbonyl (C=O) groups is 2. The standard InChI is InChI=1S/C25H22ClN3O4S/c1-2-3-12-33-25(32)17-6-10-19(11-7-17)28-21(30)13-29-15-27-23-22(24(29)31)20(14-34-23)16-4-8-18(26)9-5-16/h4-11,14-15H,2-3,12-13H2,1H3,(H,28,30). The van der Waals surface area contributed by atoms with E-state index in [-0.39, 0.29) is 18.0 Å². The Morgan fingerprint density at radius 3 is 2.56 bits per heavy atom. The number of nitrogens with zero attached hydrogens (tertiary/aromatic N) is 2. The molecule has 0 aliphatic carbocycles. The van der Waals surface area contributed by atoms with Crippen molar-refractivity contribution in [3.8, 4) is 11.1 Å². The van der Waals surface area contributed by atoms with Crippen LogP contribution in [0.4, 0.5) is 5.69 Å². The number of amides is 1. The molecule has 0 unspecified atom stereocenters. The zero-order valence-electron chi connectivity index (χ0n) is 18.4. The summed E-state index contributed by atoms with van der Waals surface area (Å²) in [5.41, 5.74) is 2.23. The number of benzene rings is 2. The molecule has 0 fully saturated rings. The van der Waals surface area contributed by atoms with Crippen molar-refractivity contribution in [1.82, 2.24) is 9.55 Å². The minimum absolute atomic E-state index is 0.196. The van der Waals surface area contributed by atoms with Crippen molar-refractivity contribution in [1.29, 1.82) is 0 Å². The number of carbonyl (C=O) groups excluding carboxylic acids is 2. The van der Waals surface area contributed by atoms with Gasteiger partial charge in [0.15, 0.2) is 0 Å². The zero-order chi connectivity index (χ0) is 24.1. The number of thiophene rings is 1. The average molecular weight is 496 g/mol. The number of anilines is 1. The smallest absolute Gasteiger partial charge is 0.338 e. The number of ether oxygens (including phenoxy) is 1. The van der Waals surface area contributed by atoms with Crippen LogP contribution in [0.3, 0.4) is 0 Å². The van der Waals surface area contributed by atoms with Crippen molar-refractivity contribution in [2.45, 2.75) is 26.3 Å². The van der Waals surface area contributed by atoms with Crippen molar-refractivity contribution >= 4 is 50.7 Å². The van der Waals surface area contributed by atoms with Crippen molar-refractivity contribution in [2.24, 2.45) is 0 Å². The van der Waals surface area contributed by atoms with Crippen molar-refractivity contribution < 1.29 is 14.3 Å². The summed E-state index contributed by atoms with van der Waals surface area (Å²) in [5, 5.41) is 5.69. The molecule has 9 heteroatoms. The Kier molecular flexibility index (Phi) is 7.40. The van der Waals surface area contributed by atoms with Gasteiger partial charge in [-0.1, -0.05) is 37.1 Å². The molecule has 4 rings (SSSR count). The van der Waals surface area contributed by atoms with Crippen LogP contribution in [0, 0.1) is 0 Å². The van der Waals surface area contributed by atoms with Crippen LogP contribution in [-0.2, 0) is 16.1 Å². The fraction of sp³-hybridized carbons (Fsp3) is 0.200. The van der Waals surface area contributed by atoms with E-state index < -0.39 is 5.97 Å². The number of nitrogens with one attached hydrogen (secondary N) is 1. The molecule has 0 aliphatic heterocycles. The van der Waals surface area contributed by atoms with Gasteiger partial charge >= 0.3 is 5.97 Å². The summed E-state index contributed by atoms with van der Waals surface area (Å²) in [6, 6.07) is 13.6. The number of halogens is 1. The first kappa shape index (κ1) is 23.7. The Morgan fingerprint density at radius 2 is 1.85 bits per heavy atom. The highest BCUT2D eigenvalue weighted by Gasteiger charge is 2.15. The van der Waals surface area contributed by atoms with Gasteiger partial charge in [-0.25, -0.2) is 9.78 Å². The topological polar surface area (TPSA) is 90.3 Å². The molecule has 2 aromatic carbocycles. The van der Waals surface area contributed by atoms with Crippen molar-refractivity contribution in [3.05, 3.63) is 81.2 Å². The van der Waals surface area contributed by atoms with Gasteiger partial charge in [0.2, 0.25) is 5.91 Å². The number of rotatable bonds is 8. The highest BCUT2D eigenvalue weighted by molar-refractivity contribution is 7.17. The molecule has 34 heavy (non-hydrogen) atoms. The van der Waals surface area contributed by atoms with Gasteiger partial charge in [0.1, 0.15) is 11.4 Å². The molecule has 7 nitrogen and oxygen atoms in total. The Labute approximate surface area is 205 Å². The van der Waals surface area contributed by atoms with Crippen LogP contribution in [0.15, 0.2) is 65.0 Å². The summed E-state index contributed by atoms with van der Waals surface area (Å²) >= 11 is 7.35. The van der Waals surface area contributed by atoms with E-state index in [2.05, 4.69) is 10.3 Å². The Morgan fingerprint density at radius 1 is 1.12 bits per heavy atom. The van der Waals surface area contributed by atoms with Gasteiger partial charge in [-0.15, -0.1) is 11.3 Å². The molecule has 0 saturated carbocycles. The fourth-order valence-corrected chi connectivity index (χ4v) is 4.39. The molecule has 0 saturated heterocycles. The molecule has 0 aliphatic rings. The predicted molar refractivity (Wildman–Crippen MR) is 135 cm³/mol. The van der Waals surface area contributed by atoms with Crippen LogP contribution >= 0.6 is 22.9 Å². The lowest BCUT2D eigenvalue weighted by molar-refractivity contribution is -0.116. The highest BCUT2D eigenvalue weighted by atomic mass is 35.5. The molecule has 2 heterocycles. The van der Waals surface area contributed by atoms with E-state index in [9.17, 15) is 14.4 Å². The van der Waals surface area contributed by atoms with Gasteiger partial charge in [-0.2, -0.15) is 0 Å². The number of hydrogen-bond donors (Lipinski definition) is 1. The van der Waals surface area contributed by atoms with Gasteiger partial charge in [0, 0.05) is 21.7 Å². The summed E-state index contributed by atoms with van der Waals surface area (Å²) in [5.74, 6) is -0.783. The maximum Gasteiger partial charge on any atom is 0.338 e. The lowest BCUT2D eigenvalue weighted by Crippen LogP contribution is -2.27. The molecule has 2 aromatic heterocycles. The van der Waals surface area contributed by atoms with Gasteiger partial charge in [0.25, 0.3) is 5.56 Å². The summed E-state index contributed by atoms with van der Waals surface area (Å²) in [4.78, 5) is 42.7. The molecule has 0 spiro atoms. The lowest BCUT2D eigenvalue weighted by Gasteiger charge is -2.09. The second-order valence-electron chi connectivity index (χ2n) is 7.63. The number of esters is 1. The van der Waals surface area contributed by atoms with E-state index in [1.54, 1.807) is 36.4 Å². The lowest BCUT2D eigenvalue weighted by atomic mass is 10.1. The number of fused-ring (bicyclic) bond motifs is 1. The van der Waals surface area contributed by atoms with E-state index >= 15 is 0 Å². The molecular weight excluding hydrogens is 474 g/mol. The Hall–Kier alpha value is -3.49. The highest BCUT2D eigenvalue weighted by Crippen LogP contribution is 2.31. The predicted octanol–water partition coefficient (Wildman–Crippen LogP) is 5.37. The Bertz CT molecular complexity index is 1380. The fourth-order valence-electron chi connectivity index (χ4n) is 3.36. The first-order chi connectivity index (χ1) is 16.5. The quantitative estimate of drug-likeness (QED) is 0.262. The number of aromatic nitrogens is 2. The largest absolute Gasteiger partial charge is 0.462 e. The van der Waals surface area contributed by atoms with Crippen molar-refractivity contribution in [3.63, 3.8) is 0 Å². The maximum atomic E-state index is 13.1. The second-order valence-corrected chi connectivity index (χ2v) is 8.92. The van der Waals surface area contributed by atoms with Crippen LogP contribution in [0.25, 0.3) is 21.3 Å². The van der Waals surface area contributed by atoms with Crippen LogP contribution in [0.2, 0.25) is 5.02 Å². The first-order valence-electron chi connectivity index (χ1n) is 10.8. The van der Waals surface area contributed by atoms with Crippen LogP contribution < -0.4 is 10.9 Å². The molecule has 0 bridgehead atoms. The van der Waals surface area contributed by atoms with E-state index in [0.717, 1.165) is 24.0 Å². The van der Waals surface area contributed by atoms with E-state index in [1.165, 1.54) is 22.2 Å². The summed E-state index contributed by atoms with van der Waals surface area (Å²) in [7, 11) is 0. The van der Waals surface area contributed by atoms with Crippen LogP contribution in [0.5, 0.6) is 0 Å². The third-order valence-corrected chi connectivity index (χ3v) is 6.30. The monoisotopic (exact) mass is 495 g/mol. The summed E-state index contributed by atoms with van der Waals surface area (Å²) in [6.45, 7) is 2.20. The number of hydrogen-bond acceptors (Lipinski definition) is 6. The van der Waals surface area contributed by atoms with E-state index in [1.807, 2.05) is 24.4 Å². The number of unbranched alkanes of at least 4 members (excludes halogenated alkanes) is 1. The van der Waals surface area contributed by atoms with Crippen LogP contribution in [-0.4, -0.2) is 28.0 Å². The zero-order valence-corrected chi connectivity index (χ0v) is 20.0. The molecule has 1 amide bonds. The average Bonchev–Trinajstić information content (AvgIpc) is 3.27. The third kappa shape index (κ3) is 5.35. The normalized spacial score (nSPS) is 10.9. The van der Waals surface area contributed by atoms with Gasteiger partial charge in [0.05, 0.1) is 23.9 Å². The first-order valence-corrected chi connectivity index (χ1v) is 12.0. The molecule has 174 valence electrons. The maximum absolute atomic E-state index is 13.1. The Balaban J connectivity index is 1.47. The summed E-state index contributed by atoms with van der Waals surface area (Å²) < 4.78 is 6.46. The van der Waals surface area contributed by atoms with Crippen molar-refractivity contribution in [2.75, 3.05) is 11.9 Å². The third-order valence-electron chi connectivity index (χ3n) is 5.17. The minimum Gasteiger partial charge on any atom is -0.462 e. The molecule has 4 aromatic rings. The van der Waals surface area contributed by atoms with Crippen LogP contribution in [0.1, 0.15) is 30.1 Å². The van der Waals surface area contributed by atoms with Gasteiger partial charge in [-0.05, 0) is 48.4 Å².